The van der Waals surface area contributed by atoms with Crippen molar-refractivity contribution >= 4 is 5.91 Å². The summed E-state index contributed by atoms with van der Waals surface area (Å²) in [7, 11) is 1.88. The van der Waals surface area contributed by atoms with Gasteiger partial charge in [-0.15, -0.1) is 0 Å². The van der Waals surface area contributed by atoms with Crippen molar-refractivity contribution in [2.45, 2.75) is 45.1 Å². The molecular formula is C19H25N3O. The molecule has 0 N–H and O–H groups in total. The normalized spacial score (nSPS) is 19.1. The smallest absolute Gasteiger partial charge is 0.257 e. The van der Waals surface area contributed by atoms with Crippen molar-refractivity contribution in [3.63, 3.8) is 0 Å². The lowest BCUT2D eigenvalue weighted by atomic mass is 9.87. The van der Waals surface area contributed by atoms with Crippen LogP contribution in [-0.4, -0.2) is 33.2 Å². The summed E-state index contributed by atoms with van der Waals surface area (Å²) in [6, 6.07) is 10.9. The third kappa shape index (κ3) is 2.90. The molecule has 0 bridgehead atoms. The monoisotopic (exact) mass is 311 g/mol. The van der Waals surface area contributed by atoms with Crippen LogP contribution in [0.3, 0.4) is 0 Å². The van der Waals surface area contributed by atoms with Crippen LogP contribution in [0, 0.1) is 6.92 Å². The molecule has 2 heterocycles. The number of amides is 1. The summed E-state index contributed by atoms with van der Waals surface area (Å²) in [5.41, 5.74) is 3.01. The molecule has 2 aromatic rings. The lowest BCUT2D eigenvalue weighted by Crippen LogP contribution is -2.39. The lowest BCUT2D eigenvalue weighted by Gasteiger charge is -2.31. The molecule has 0 spiro atoms. The number of likely N-dealkylation sites (tertiary alicyclic amines) is 1. The molecule has 1 saturated heterocycles. The molecule has 2 unspecified atom stereocenters. The number of hydrogen-bond donors (Lipinski definition) is 0. The van der Waals surface area contributed by atoms with E-state index >= 15 is 0 Å². The van der Waals surface area contributed by atoms with E-state index in [2.05, 4.69) is 41.2 Å². The number of nitrogens with zero attached hydrogens (tertiary/aromatic N) is 3. The van der Waals surface area contributed by atoms with Crippen molar-refractivity contribution in [3.05, 3.63) is 53.3 Å². The third-order valence-electron chi connectivity index (χ3n) is 5.16. The van der Waals surface area contributed by atoms with E-state index < -0.39 is 0 Å². The molecular weight excluding hydrogens is 286 g/mol. The minimum Gasteiger partial charge on any atom is -0.335 e. The molecule has 1 aromatic heterocycles. The molecule has 0 aliphatic carbocycles. The van der Waals surface area contributed by atoms with Gasteiger partial charge in [-0.2, -0.15) is 5.10 Å². The van der Waals surface area contributed by atoms with Crippen LogP contribution in [0.4, 0.5) is 0 Å². The predicted molar refractivity (Wildman–Crippen MR) is 91.5 cm³/mol. The number of aromatic nitrogens is 2. The number of aryl methyl sites for hydroxylation is 1. The fourth-order valence-corrected chi connectivity index (χ4v) is 3.76. The van der Waals surface area contributed by atoms with Crippen molar-refractivity contribution in [1.82, 2.24) is 14.7 Å². The Morgan fingerprint density at radius 3 is 2.70 bits per heavy atom. The molecule has 1 fully saturated rings. The number of carbonyl (C=O) groups excluding carboxylic acids is 1. The number of carbonyl (C=O) groups is 1. The van der Waals surface area contributed by atoms with Crippen molar-refractivity contribution in [2.24, 2.45) is 7.05 Å². The maximum atomic E-state index is 13.0. The van der Waals surface area contributed by atoms with E-state index in [-0.39, 0.29) is 11.9 Å². The van der Waals surface area contributed by atoms with Gasteiger partial charge in [0.1, 0.15) is 0 Å². The van der Waals surface area contributed by atoms with E-state index in [9.17, 15) is 4.79 Å². The average Bonchev–Trinajstić information content (AvgIpc) is 3.17. The van der Waals surface area contributed by atoms with Gasteiger partial charge >= 0.3 is 0 Å². The van der Waals surface area contributed by atoms with E-state index in [1.165, 1.54) is 5.56 Å². The largest absolute Gasteiger partial charge is 0.335 e. The summed E-state index contributed by atoms with van der Waals surface area (Å²) >= 11 is 0. The Balaban J connectivity index is 1.87. The van der Waals surface area contributed by atoms with E-state index in [0.717, 1.165) is 37.1 Å². The van der Waals surface area contributed by atoms with Crippen molar-refractivity contribution in [1.29, 1.82) is 0 Å². The van der Waals surface area contributed by atoms with Gasteiger partial charge in [-0.05, 0) is 31.7 Å². The fraction of sp³-hybridized carbons (Fsp3) is 0.474. The van der Waals surface area contributed by atoms with Crippen LogP contribution >= 0.6 is 0 Å². The summed E-state index contributed by atoms with van der Waals surface area (Å²) in [5.74, 6) is 0.534. The maximum absolute atomic E-state index is 13.0. The van der Waals surface area contributed by atoms with Crippen molar-refractivity contribution in [2.75, 3.05) is 6.54 Å². The van der Waals surface area contributed by atoms with Gasteiger partial charge < -0.3 is 4.90 Å². The average molecular weight is 311 g/mol. The minimum atomic E-state index is 0.132. The van der Waals surface area contributed by atoms with Gasteiger partial charge in [0.05, 0.1) is 11.8 Å². The van der Waals surface area contributed by atoms with Gasteiger partial charge in [-0.3, -0.25) is 9.48 Å². The molecule has 23 heavy (non-hydrogen) atoms. The highest BCUT2D eigenvalue weighted by Gasteiger charge is 2.35. The molecule has 0 saturated carbocycles. The van der Waals surface area contributed by atoms with E-state index in [4.69, 9.17) is 0 Å². The number of benzene rings is 1. The number of rotatable bonds is 4. The zero-order valence-electron chi connectivity index (χ0n) is 14.2. The molecule has 4 heteroatoms. The van der Waals surface area contributed by atoms with Gasteiger partial charge in [-0.25, -0.2) is 0 Å². The molecule has 2 atom stereocenters. The van der Waals surface area contributed by atoms with Gasteiger partial charge in [0.2, 0.25) is 0 Å². The minimum absolute atomic E-state index is 0.132. The first-order valence-electron chi connectivity index (χ1n) is 8.48. The molecule has 1 amide bonds. The van der Waals surface area contributed by atoms with Crippen LogP contribution < -0.4 is 0 Å². The lowest BCUT2D eigenvalue weighted by molar-refractivity contribution is 0.0713. The Morgan fingerprint density at radius 2 is 2.09 bits per heavy atom. The topological polar surface area (TPSA) is 38.1 Å². The molecule has 4 nitrogen and oxygen atoms in total. The third-order valence-corrected chi connectivity index (χ3v) is 5.16. The van der Waals surface area contributed by atoms with Crippen molar-refractivity contribution in [3.8, 4) is 0 Å². The Morgan fingerprint density at radius 1 is 1.35 bits per heavy atom. The zero-order valence-corrected chi connectivity index (χ0v) is 14.2. The summed E-state index contributed by atoms with van der Waals surface area (Å²) in [4.78, 5) is 15.1. The van der Waals surface area contributed by atoms with Gasteiger partial charge in [0, 0.05) is 31.2 Å². The Hall–Kier alpha value is -2.10. The molecule has 3 rings (SSSR count). The highest BCUT2D eigenvalue weighted by molar-refractivity contribution is 5.95. The second-order valence-corrected chi connectivity index (χ2v) is 6.40. The van der Waals surface area contributed by atoms with E-state index in [1.54, 1.807) is 10.9 Å². The predicted octanol–water partition coefficient (Wildman–Crippen LogP) is 3.53. The molecule has 122 valence electrons. The maximum Gasteiger partial charge on any atom is 0.257 e. The first-order chi connectivity index (χ1) is 11.1. The van der Waals surface area contributed by atoms with E-state index in [1.807, 2.05) is 20.0 Å². The second kappa shape index (κ2) is 6.57. The molecule has 1 aliphatic rings. The van der Waals surface area contributed by atoms with Crippen LogP contribution in [0.15, 0.2) is 36.5 Å². The quantitative estimate of drug-likeness (QED) is 0.866. The van der Waals surface area contributed by atoms with Crippen LogP contribution in [0.25, 0.3) is 0 Å². The van der Waals surface area contributed by atoms with Crippen molar-refractivity contribution < 1.29 is 4.79 Å². The first kappa shape index (κ1) is 15.8. The van der Waals surface area contributed by atoms with Gasteiger partial charge in [0.25, 0.3) is 5.91 Å². The summed E-state index contributed by atoms with van der Waals surface area (Å²) in [6.45, 7) is 5.02. The standard InChI is InChI=1S/C19H25N3O/c1-4-16(15-9-6-5-7-10-15)18-11-8-12-22(18)19(23)17-13-20-21(3)14(17)2/h5-7,9-10,13,16,18H,4,8,11-12H2,1-3H3. The number of hydrogen-bond acceptors (Lipinski definition) is 2. The Kier molecular flexibility index (Phi) is 4.51. The Labute approximate surface area is 138 Å². The van der Waals surface area contributed by atoms with Crippen LogP contribution in [0.1, 0.15) is 53.7 Å². The van der Waals surface area contributed by atoms with Gasteiger partial charge in [0.15, 0.2) is 0 Å². The second-order valence-electron chi connectivity index (χ2n) is 6.40. The summed E-state index contributed by atoms with van der Waals surface area (Å²) < 4.78 is 1.77. The van der Waals surface area contributed by atoms with Gasteiger partial charge in [-0.1, -0.05) is 37.3 Å². The highest BCUT2D eigenvalue weighted by Crippen LogP contribution is 2.34. The molecule has 1 aromatic carbocycles. The molecule has 0 radical (unpaired) electrons. The summed E-state index contributed by atoms with van der Waals surface area (Å²) in [6.07, 6.45) is 4.92. The summed E-state index contributed by atoms with van der Waals surface area (Å²) in [5, 5.41) is 4.23. The molecule has 1 aliphatic heterocycles. The van der Waals surface area contributed by atoms with E-state index in [0.29, 0.717) is 5.92 Å². The first-order valence-corrected chi connectivity index (χ1v) is 8.48. The zero-order chi connectivity index (χ0) is 16.4. The fourth-order valence-electron chi connectivity index (χ4n) is 3.76. The Bertz CT molecular complexity index is 677. The SMILES string of the molecule is CCC(c1ccccc1)C1CCCN1C(=O)c1cnn(C)c1C. The van der Waals surface area contributed by atoms with Crippen LogP contribution in [0.5, 0.6) is 0 Å². The highest BCUT2D eigenvalue weighted by atomic mass is 16.2. The van der Waals surface area contributed by atoms with Crippen LogP contribution in [-0.2, 0) is 7.05 Å². The van der Waals surface area contributed by atoms with Crippen LogP contribution in [0.2, 0.25) is 0 Å².